The standard InChI is InChI=1S/C6H10/c1-3-5-6-4-2/h3-4,6H,1,5H2,2H3/p+1. The van der Waals surface area contributed by atoms with Gasteiger partial charge in [-0.3, -0.25) is 0 Å². The van der Waals surface area contributed by atoms with Gasteiger partial charge in [-0.2, -0.15) is 0 Å². The van der Waals surface area contributed by atoms with Gasteiger partial charge in [0.2, 0.25) is 0 Å². The predicted molar refractivity (Wildman–Crippen MR) is 30.7 cm³/mol. The molecule has 0 saturated carbocycles. The SMILES string of the molecule is C=CCC=CC.[H+]. The van der Waals surface area contributed by atoms with Crippen molar-refractivity contribution in [1.82, 2.24) is 0 Å². The van der Waals surface area contributed by atoms with Gasteiger partial charge < -0.3 is 0 Å². The van der Waals surface area contributed by atoms with Crippen molar-refractivity contribution in [1.29, 1.82) is 0 Å². The highest BCUT2D eigenvalue weighted by atomic mass is 13.6. The van der Waals surface area contributed by atoms with Crippen LogP contribution in [-0.4, -0.2) is 0 Å². The highest BCUT2D eigenvalue weighted by Crippen LogP contribution is 1.78. The van der Waals surface area contributed by atoms with Gasteiger partial charge in [-0.1, -0.05) is 18.2 Å². The molecule has 0 aromatic rings. The van der Waals surface area contributed by atoms with Crippen LogP contribution in [0.3, 0.4) is 0 Å². The second kappa shape index (κ2) is 4.48. The lowest BCUT2D eigenvalue weighted by atomic mass is 10.4. The Hall–Kier alpha value is -0.520. The summed E-state index contributed by atoms with van der Waals surface area (Å²) in [6.07, 6.45) is 6.95. The highest BCUT2D eigenvalue weighted by Gasteiger charge is 1.57. The molecule has 0 saturated heterocycles. The van der Waals surface area contributed by atoms with Crippen LogP contribution in [0.2, 0.25) is 0 Å². The molecule has 0 unspecified atom stereocenters. The second-order valence-corrected chi connectivity index (χ2v) is 1.09. The first-order chi connectivity index (χ1) is 2.91. The molecule has 0 atom stereocenters. The quantitative estimate of drug-likeness (QED) is 0.449. The summed E-state index contributed by atoms with van der Waals surface area (Å²) < 4.78 is 0. The van der Waals surface area contributed by atoms with Gasteiger partial charge in [-0.15, -0.1) is 6.58 Å². The fourth-order valence-electron chi connectivity index (χ4n) is 0.232. The number of hydrogen-bond acceptors (Lipinski definition) is 0. The van der Waals surface area contributed by atoms with Gasteiger partial charge >= 0.3 is 1.43 Å². The summed E-state index contributed by atoms with van der Waals surface area (Å²) in [7, 11) is 0. The van der Waals surface area contributed by atoms with Crippen molar-refractivity contribution in [2.45, 2.75) is 13.3 Å². The Morgan fingerprint density at radius 3 is 2.67 bits per heavy atom. The van der Waals surface area contributed by atoms with Crippen molar-refractivity contribution in [3.05, 3.63) is 24.8 Å². The van der Waals surface area contributed by atoms with Gasteiger partial charge in [0, 0.05) is 0 Å². The second-order valence-electron chi connectivity index (χ2n) is 1.09. The molecule has 0 aliphatic rings. The van der Waals surface area contributed by atoms with Crippen LogP contribution in [0.1, 0.15) is 14.8 Å². The summed E-state index contributed by atoms with van der Waals surface area (Å²) in [6, 6.07) is 0. The van der Waals surface area contributed by atoms with Crippen molar-refractivity contribution in [3.63, 3.8) is 0 Å². The zero-order valence-electron chi connectivity index (χ0n) is 5.15. The van der Waals surface area contributed by atoms with Crippen LogP contribution < -0.4 is 0 Å². The average molecular weight is 83.2 g/mol. The third-order valence-electron chi connectivity index (χ3n) is 0.538. The number of hydrogen-bond donors (Lipinski definition) is 0. The molecule has 0 aliphatic carbocycles. The van der Waals surface area contributed by atoms with E-state index >= 15 is 0 Å². The summed E-state index contributed by atoms with van der Waals surface area (Å²) >= 11 is 0. The van der Waals surface area contributed by atoms with E-state index in [1.54, 1.807) is 0 Å². The molecule has 34 valence electrons. The van der Waals surface area contributed by atoms with E-state index in [-0.39, 0.29) is 1.43 Å². The molecule has 6 heavy (non-hydrogen) atoms. The van der Waals surface area contributed by atoms with Crippen LogP contribution in [0.25, 0.3) is 0 Å². The van der Waals surface area contributed by atoms with E-state index in [4.69, 9.17) is 0 Å². The molecule has 0 aromatic heterocycles. The molecule has 0 fully saturated rings. The van der Waals surface area contributed by atoms with Gasteiger partial charge in [-0.05, 0) is 13.3 Å². The summed E-state index contributed by atoms with van der Waals surface area (Å²) in [5, 5.41) is 0. The van der Waals surface area contributed by atoms with Crippen LogP contribution in [0.5, 0.6) is 0 Å². The minimum atomic E-state index is 0. The van der Waals surface area contributed by atoms with E-state index in [9.17, 15) is 0 Å². The summed E-state index contributed by atoms with van der Waals surface area (Å²) in [4.78, 5) is 0. The lowest BCUT2D eigenvalue weighted by Crippen LogP contribution is -1.48. The molecule has 0 spiro atoms. The van der Waals surface area contributed by atoms with Crippen molar-refractivity contribution < 1.29 is 1.43 Å². The Morgan fingerprint density at radius 1 is 1.83 bits per heavy atom. The molecular weight excluding hydrogens is 72.1 g/mol. The summed E-state index contributed by atoms with van der Waals surface area (Å²) in [5.41, 5.74) is 0. The van der Waals surface area contributed by atoms with E-state index in [1.165, 1.54) is 0 Å². The Balaban J connectivity index is 0. The fourth-order valence-corrected chi connectivity index (χ4v) is 0.232. The zero-order valence-corrected chi connectivity index (χ0v) is 4.15. The Labute approximate surface area is 40.7 Å². The van der Waals surface area contributed by atoms with E-state index in [1.807, 2.05) is 19.1 Å². The molecular formula is C6H11+. The van der Waals surface area contributed by atoms with Crippen LogP contribution >= 0.6 is 0 Å². The van der Waals surface area contributed by atoms with E-state index in [0.29, 0.717) is 0 Å². The number of rotatable bonds is 2. The molecule has 0 rings (SSSR count). The maximum absolute atomic E-state index is 3.55. The molecule has 0 N–H and O–H groups in total. The Kier molecular flexibility index (Phi) is 4.09. The molecule has 0 amide bonds. The van der Waals surface area contributed by atoms with Gasteiger partial charge in [0.25, 0.3) is 0 Å². The largest absolute Gasteiger partial charge is 1.00 e. The monoisotopic (exact) mass is 83.1 g/mol. The first kappa shape index (κ1) is 5.48. The third-order valence-corrected chi connectivity index (χ3v) is 0.538. The van der Waals surface area contributed by atoms with Crippen LogP contribution in [-0.2, 0) is 0 Å². The molecule has 0 bridgehead atoms. The average Bonchev–Trinajstić information content (AvgIpc) is 1.61. The highest BCUT2D eigenvalue weighted by molar-refractivity contribution is 4.85. The lowest BCUT2D eigenvalue weighted by molar-refractivity contribution is 1.39. The zero-order chi connectivity index (χ0) is 4.83. The summed E-state index contributed by atoms with van der Waals surface area (Å²) in [6.45, 7) is 5.55. The van der Waals surface area contributed by atoms with Crippen molar-refractivity contribution >= 4 is 0 Å². The molecule has 0 aromatic carbocycles. The predicted octanol–water partition coefficient (Wildman–Crippen LogP) is 2.25. The minimum Gasteiger partial charge on any atom is -0.103 e. The van der Waals surface area contributed by atoms with Crippen molar-refractivity contribution in [2.24, 2.45) is 0 Å². The maximum Gasteiger partial charge on any atom is 1.00 e. The van der Waals surface area contributed by atoms with Crippen molar-refractivity contribution in [3.8, 4) is 0 Å². The van der Waals surface area contributed by atoms with Crippen molar-refractivity contribution in [2.75, 3.05) is 0 Å². The first-order valence-corrected chi connectivity index (χ1v) is 2.14. The normalized spacial score (nSPS) is 9.50. The molecule has 0 heteroatoms. The van der Waals surface area contributed by atoms with E-state index in [0.717, 1.165) is 6.42 Å². The van der Waals surface area contributed by atoms with Crippen LogP contribution in [0.4, 0.5) is 0 Å². The van der Waals surface area contributed by atoms with Crippen LogP contribution in [0.15, 0.2) is 24.8 Å². The smallest absolute Gasteiger partial charge is 0.103 e. The van der Waals surface area contributed by atoms with Gasteiger partial charge in [0.15, 0.2) is 0 Å². The van der Waals surface area contributed by atoms with E-state index in [2.05, 4.69) is 12.7 Å². The first-order valence-electron chi connectivity index (χ1n) is 2.14. The topological polar surface area (TPSA) is 0 Å². The molecule has 0 aliphatic heterocycles. The Bertz CT molecular complexity index is 55.2. The fraction of sp³-hybridized carbons (Fsp3) is 0.333. The van der Waals surface area contributed by atoms with Gasteiger partial charge in [-0.25, -0.2) is 0 Å². The minimum absolute atomic E-state index is 0. The van der Waals surface area contributed by atoms with Gasteiger partial charge in [0.05, 0.1) is 0 Å². The number of allylic oxidation sites excluding steroid dienone is 3. The van der Waals surface area contributed by atoms with Gasteiger partial charge in [0.1, 0.15) is 0 Å². The Morgan fingerprint density at radius 2 is 2.50 bits per heavy atom. The molecule has 0 heterocycles. The lowest BCUT2D eigenvalue weighted by Gasteiger charge is -1.69. The van der Waals surface area contributed by atoms with E-state index < -0.39 is 0 Å². The van der Waals surface area contributed by atoms with Crippen LogP contribution in [0, 0.1) is 0 Å². The maximum atomic E-state index is 3.55. The third kappa shape index (κ3) is 3.48. The molecule has 0 radical (unpaired) electrons. The summed E-state index contributed by atoms with van der Waals surface area (Å²) in [5.74, 6) is 0. The molecule has 0 nitrogen and oxygen atoms in total.